The van der Waals surface area contributed by atoms with Gasteiger partial charge < -0.3 is 20.1 Å². The van der Waals surface area contributed by atoms with Crippen LogP contribution in [0.2, 0.25) is 0 Å². The third-order valence-electron chi connectivity index (χ3n) is 5.96. The predicted molar refractivity (Wildman–Crippen MR) is 128 cm³/mol. The molecule has 0 amide bonds. The van der Waals surface area contributed by atoms with Crippen molar-refractivity contribution in [3.63, 3.8) is 0 Å². The number of ether oxygens (including phenoxy) is 2. The van der Waals surface area contributed by atoms with Gasteiger partial charge in [-0.1, -0.05) is 42.5 Å². The molecule has 1 aromatic carbocycles. The molecule has 3 heterocycles. The summed E-state index contributed by atoms with van der Waals surface area (Å²) in [6, 6.07) is 10.2. The Labute approximate surface area is 195 Å². The number of hydrogen-bond donors (Lipinski definition) is 1. The summed E-state index contributed by atoms with van der Waals surface area (Å²) in [5.74, 6) is 0.522. The number of piperazine rings is 1. The van der Waals surface area contributed by atoms with Crippen molar-refractivity contribution in [2.75, 3.05) is 50.8 Å². The number of carbonyl (C=O) groups excluding carboxylic acids is 1. The third kappa shape index (κ3) is 7.17. The van der Waals surface area contributed by atoms with E-state index in [4.69, 9.17) is 15.2 Å². The molecule has 33 heavy (non-hydrogen) atoms. The Kier molecular flexibility index (Phi) is 8.54. The predicted octanol–water partition coefficient (Wildman–Crippen LogP) is 2.37. The standard InChI is InChI=1S/C25H33N5O3/c26-22(10-9-20-6-2-1-3-7-20)18-29-11-13-30(14-12-29)25-27-16-21(17-28-25)23(31)19-33-24-8-4-5-15-32-24/h1-3,6-7,9-10,16-17,22,24H,4-5,8,11-15,18-19,26H2/b10-9+. The van der Waals surface area contributed by atoms with Crippen LogP contribution in [0.25, 0.3) is 6.08 Å². The molecule has 0 bridgehead atoms. The van der Waals surface area contributed by atoms with E-state index >= 15 is 0 Å². The molecule has 0 saturated carbocycles. The normalized spacial score (nSPS) is 20.8. The van der Waals surface area contributed by atoms with Crippen LogP contribution in [0.5, 0.6) is 0 Å². The molecule has 2 saturated heterocycles. The van der Waals surface area contributed by atoms with Crippen LogP contribution in [-0.2, 0) is 9.47 Å². The zero-order valence-corrected chi connectivity index (χ0v) is 19.0. The van der Waals surface area contributed by atoms with E-state index in [0.29, 0.717) is 18.1 Å². The number of nitrogens with zero attached hydrogens (tertiary/aromatic N) is 4. The lowest BCUT2D eigenvalue weighted by Gasteiger charge is -2.35. The Morgan fingerprint density at radius 2 is 1.91 bits per heavy atom. The third-order valence-corrected chi connectivity index (χ3v) is 5.96. The van der Waals surface area contributed by atoms with Crippen molar-refractivity contribution in [3.8, 4) is 0 Å². The second-order valence-electron chi connectivity index (χ2n) is 8.52. The van der Waals surface area contributed by atoms with Crippen molar-refractivity contribution in [2.45, 2.75) is 31.6 Å². The fourth-order valence-corrected chi connectivity index (χ4v) is 4.01. The molecule has 8 nitrogen and oxygen atoms in total. The molecule has 8 heteroatoms. The molecule has 0 aliphatic carbocycles. The topological polar surface area (TPSA) is 93.8 Å². The molecular weight excluding hydrogens is 418 g/mol. The second kappa shape index (κ2) is 12.0. The monoisotopic (exact) mass is 451 g/mol. The number of aromatic nitrogens is 2. The summed E-state index contributed by atoms with van der Waals surface area (Å²) < 4.78 is 11.1. The number of rotatable bonds is 9. The van der Waals surface area contributed by atoms with Gasteiger partial charge in [-0.2, -0.15) is 0 Å². The Balaban J connectivity index is 1.20. The average Bonchev–Trinajstić information content (AvgIpc) is 2.88. The lowest BCUT2D eigenvalue weighted by molar-refractivity contribution is -0.155. The van der Waals surface area contributed by atoms with E-state index in [9.17, 15) is 4.79 Å². The number of hydrogen-bond acceptors (Lipinski definition) is 8. The number of anilines is 1. The molecule has 4 rings (SSSR count). The molecule has 0 spiro atoms. The van der Waals surface area contributed by atoms with Gasteiger partial charge in [-0.3, -0.25) is 9.69 Å². The van der Waals surface area contributed by atoms with E-state index in [2.05, 4.69) is 44.1 Å². The highest BCUT2D eigenvalue weighted by atomic mass is 16.7. The highest BCUT2D eigenvalue weighted by Gasteiger charge is 2.21. The lowest BCUT2D eigenvalue weighted by atomic mass is 10.1. The van der Waals surface area contributed by atoms with E-state index in [1.165, 1.54) is 0 Å². The summed E-state index contributed by atoms with van der Waals surface area (Å²) >= 11 is 0. The number of Topliss-reactive ketones (excluding diaryl/α,β-unsaturated/α-hetero) is 1. The summed E-state index contributed by atoms with van der Waals surface area (Å²) in [6.45, 7) is 4.94. The van der Waals surface area contributed by atoms with Gasteiger partial charge in [-0.05, 0) is 24.8 Å². The van der Waals surface area contributed by atoms with E-state index in [1.54, 1.807) is 12.4 Å². The molecule has 2 aliphatic rings. The quantitative estimate of drug-likeness (QED) is 0.581. The smallest absolute Gasteiger partial charge is 0.225 e. The first kappa shape index (κ1) is 23.5. The minimum atomic E-state index is -0.277. The fraction of sp³-hybridized carbons (Fsp3) is 0.480. The first-order valence-electron chi connectivity index (χ1n) is 11.7. The van der Waals surface area contributed by atoms with Gasteiger partial charge >= 0.3 is 0 Å². The van der Waals surface area contributed by atoms with E-state index in [1.807, 2.05) is 18.2 Å². The van der Waals surface area contributed by atoms with Crippen molar-refractivity contribution in [1.82, 2.24) is 14.9 Å². The number of ketones is 1. The van der Waals surface area contributed by atoms with Crippen molar-refractivity contribution >= 4 is 17.8 Å². The first-order chi connectivity index (χ1) is 16.2. The molecule has 2 unspecified atom stereocenters. The molecule has 176 valence electrons. The maximum Gasteiger partial charge on any atom is 0.225 e. The SMILES string of the molecule is NC(/C=C/c1ccccc1)CN1CCN(c2ncc(C(=O)COC3CCCCO3)cn2)CC1. The van der Waals surface area contributed by atoms with Gasteiger partial charge in [0.1, 0.15) is 6.61 Å². The highest BCUT2D eigenvalue weighted by Crippen LogP contribution is 2.15. The molecule has 0 radical (unpaired) electrons. The Morgan fingerprint density at radius 3 is 2.61 bits per heavy atom. The summed E-state index contributed by atoms with van der Waals surface area (Å²) in [5, 5.41) is 0. The van der Waals surface area contributed by atoms with Crippen molar-refractivity contribution < 1.29 is 14.3 Å². The van der Waals surface area contributed by atoms with Crippen LogP contribution in [0.4, 0.5) is 5.95 Å². The summed E-state index contributed by atoms with van der Waals surface area (Å²) in [7, 11) is 0. The van der Waals surface area contributed by atoms with Crippen LogP contribution in [0.3, 0.4) is 0 Å². The average molecular weight is 452 g/mol. The van der Waals surface area contributed by atoms with E-state index in [0.717, 1.165) is 57.5 Å². The van der Waals surface area contributed by atoms with Crippen LogP contribution in [0.1, 0.15) is 35.2 Å². The van der Waals surface area contributed by atoms with Gasteiger partial charge in [0.25, 0.3) is 0 Å². The van der Waals surface area contributed by atoms with Crippen LogP contribution in [0.15, 0.2) is 48.8 Å². The van der Waals surface area contributed by atoms with Gasteiger partial charge in [0.15, 0.2) is 12.1 Å². The summed E-state index contributed by atoms with van der Waals surface area (Å²) in [4.78, 5) is 25.7. The van der Waals surface area contributed by atoms with Gasteiger partial charge in [0, 0.05) is 57.8 Å². The van der Waals surface area contributed by atoms with Gasteiger partial charge in [-0.25, -0.2) is 9.97 Å². The van der Waals surface area contributed by atoms with Crippen LogP contribution < -0.4 is 10.6 Å². The minimum Gasteiger partial charge on any atom is -0.353 e. The van der Waals surface area contributed by atoms with Crippen LogP contribution >= 0.6 is 0 Å². The molecular formula is C25H33N5O3. The number of nitrogens with two attached hydrogens (primary N) is 1. The van der Waals surface area contributed by atoms with E-state index < -0.39 is 0 Å². The van der Waals surface area contributed by atoms with Crippen molar-refractivity contribution in [1.29, 1.82) is 0 Å². The largest absolute Gasteiger partial charge is 0.353 e. The van der Waals surface area contributed by atoms with Crippen molar-refractivity contribution in [3.05, 3.63) is 59.9 Å². The van der Waals surface area contributed by atoms with Crippen LogP contribution in [0, 0.1) is 0 Å². The Hall–Kier alpha value is -2.65. The molecule has 1 aromatic heterocycles. The van der Waals surface area contributed by atoms with Crippen molar-refractivity contribution in [2.24, 2.45) is 5.73 Å². The Bertz CT molecular complexity index is 892. The van der Waals surface area contributed by atoms with Gasteiger partial charge in [0.2, 0.25) is 5.95 Å². The minimum absolute atomic E-state index is 0.00891. The summed E-state index contributed by atoms with van der Waals surface area (Å²) in [6.07, 6.45) is 9.99. The summed E-state index contributed by atoms with van der Waals surface area (Å²) in [5.41, 5.74) is 7.92. The second-order valence-corrected chi connectivity index (χ2v) is 8.52. The zero-order valence-electron chi connectivity index (χ0n) is 19.0. The molecule has 2 N–H and O–H groups in total. The maximum atomic E-state index is 12.4. The van der Waals surface area contributed by atoms with Gasteiger partial charge in [-0.15, -0.1) is 0 Å². The zero-order chi connectivity index (χ0) is 22.9. The molecule has 2 aliphatic heterocycles. The van der Waals surface area contributed by atoms with Gasteiger partial charge in [0.05, 0.1) is 5.56 Å². The van der Waals surface area contributed by atoms with E-state index in [-0.39, 0.29) is 24.7 Å². The number of benzene rings is 1. The molecule has 2 fully saturated rings. The first-order valence-corrected chi connectivity index (χ1v) is 11.7. The van der Waals surface area contributed by atoms with Crippen LogP contribution in [-0.4, -0.2) is 78.9 Å². The lowest BCUT2D eigenvalue weighted by Crippen LogP contribution is -2.50. The highest BCUT2D eigenvalue weighted by molar-refractivity contribution is 5.96. The Morgan fingerprint density at radius 1 is 1.15 bits per heavy atom. The fourth-order valence-electron chi connectivity index (χ4n) is 4.01. The molecule has 2 aromatic rings. The number of carbonyl (C=O) groups is 1. The molecule has 2 atom stereocenters. The maximum absolute atomic E-state index is 12.4.